The quantitative estimate of drug-likeness (QED) is 0.842. The van der Waals surface area contributed by atoms with Gasteiger partial charge >= 0.3 is 0 Å². The number of carbonyl (C=O) groups excluding carboxylic acids is 1. The molecule has 0 spiro atoms. The Kier molecular flexibility index (Phi) is 3.92. The molecule has 1 aromatic carbocycles. The molecule has 0 atom stereocenters. The number of thiazole rings is 1. The van der Waals surface area contributed by atoms with E-state index in [0.29, 0.717) is 12.8 Å². The minimum atomic E-state index is 0.231. The lowest BCUT2D eigenvalue weighted by Gasteiger charge is -2.05. The normalized spacial score (nSPS) is 10.6. The van der Waals surface area contributed by atoms with Gasteiger partial charge < -0.3 is 0 Å². The van der Waals surface area contributed by atoms with Gasteiger partial charge in [0.25, 0.3) is 0 Å². The van der Waals surface area contributed by atoms with Crippen LogP contribution in [0.2, 0.25) is 0 Å². The van der Waals surface area contributed by atoms with Gasteiger partial charge in [0, 0.05) is 18.2 Å². The Morgan fingerprint density at radius 1 is 1.22 bits per heavy atom. The van der Waals surface area contributed by atoms with Crippen LogP contribution in [-0.2, 0) is 17.6 Å². The third kappa shape index (κ3) is 3.26. The van der Waals surface area contributed by atoms with E-state index >= 15 is 0 Å². The zero-order valence-electron chi connectivity index (χ0n) is 11.0. The summed E-state index contributed by atoms with van der Waals surface area (Å²) in [4.78, 5) is 16.3. The predicted molar refractivity (Wildman–Crippen MR) is 75.2 cm³/mol. The molecule has 2 aromatic rings. The van der Waals surface area contributed by atoms with Crippen molar-refractivity contribution < 1.29 is 4.79 Å². The number of ketones is 1. The fraction of sp³-hybridized carbons (Fsp3) is 0.333. The van der Waals surface area contributed by atoms with Gasteiger partial charge in [-0.3, -0.25) is 4.79 Å². The van der Waals surface area contributed by atoms with E-state index in [1.165, 1.54) is 11.1 Å². The number of carbonyl (C=O) groups is 1. The number of rotatable bonds is 4. The summed E-state index contributed by atoms with van der Waals surface area (Å²) < 4.78 is 0. The summed E-state index contributed by atoms with van der Waals surface area (Å²) in [5, 5.41) is 2.99. The van der Waals surface area contributed by atoms with Crippen LogP contribution in [0, 0.1) is 20.8 Å². The van der Waals surface area contributed by atoms with Gasteiger partial charge in [-0.25, -0.2) is 4.98 Å². The molecule has 0 aliphatic carbocycles. The van der Waals surface area contributed by atoms with Crippen molar-refractivity contribution in [3.05, 3.63) is 51.0 Å². The van der Waals surface area contributed by atoms with Crippen LogP contribution >= 0.6 is 11.3 Å². The molecule has 0 saturated carbocycles. The van der Waals surface area contributed by atoms with Crippen molar-refractivity contribution >= 4 is 17.1 Å². The van der Waals surface area contributed by atoms with Crippen molar-refractivity contribution in [1.82, 2.24) is 4.98 Å². The van der Waals surface area contributed by atoms with E-state index in [1.807, 2.05) is 12.3 Å². The molecular weight excluding hydrogens is 242 g/mol. The van der Waals surface area contributed by atoms with Gasteiger partial charge in [-0.2, -0.15) is 0 Å². The Morgan fingerprint density at radius 2 is 2.00 bits per heavy atom. The van der Waals surface area contributed by atoms with Crippen molar-refractivity contribution in [3.63, 3.8) is 0 Å². The fourth-order valence-corrected chi connectivity index (χ4v) is 2.57. The second-order valence-electron chi connectivity index (χ2n) is 4.68. The highest BCUT2D eigenvalue weighted by atomic mass is 32.1. The molecule has 0 N–H and O–H groups in total. The van der Waals surface area contributed by atoms with E-state index in [1.54, 1.807) is 11.3 Å². The largest absolute Gasteiger partial charge is 0.299 e. The first kappa shape index (κ1) is 13.0. The average molecular weight is 259 g/mol. The third-order valence-electron chi connectivity index (χ3n) is 2.94. The van der Waals surface area contributed by atoms with E-state index in [-0.39, 0.29) is 5.78 Å². The molecule has 3 heteroatoms. The molecule has 0 aliphatic rings. The van der Waals surface area contributed by atoms with Gasteiger partial charge in [-0.15, -0.1) is 11.3 Å². The lowest BCUT2D eigenvalue weighted by atomic mass is 9.99. The molecule has 0 aliphatic heterocycles. The van der Waals surface area contributed by atoms with Crippen molar-refractivity contribution in [2.45, 2.75) is 33.6 Å². The number of hydrogen-bond donors (Lipinski definition) is 0. The van der Waals surface area contributed by atoms with Gasteiger partial charge in [0.15, 0.2) is 0 Å². The summed E-state index contributed by atoms with van der Waals surface area (Å²) in [6.07, 6.45) is 0.946. The average Bonchev–Trinajstić information content (AvgIpc) is 2.69. The number of aryl methyl sites for hydroxylation is 3. The molecule has 18 heavy (non-hydrogen) atoms. The summed E-state index contributed by atoms with van der Waals surface area (Å²) in [7, 11) is 0. The summed E-state index contributed by atoms with van der Waals surface area (Å²) in [6.45, 7) is 6.07. The van der Waals surface area contributed by atoms with E-state index < -0.39 is 0 Å². The zero-order valence-corrected chi connectivity index (χ0v) is 11.8. The Hall–Kier alpha value is -1.48. The van der Waals surface area contributed by atoms with Crippen LogP contribution in [-0.4, -0.2) is 10.8 Å². The minimum absolute atomic E-state index is 0.231. The maximum atomic E-state index is 12.0. The molecular formula is C15H17NOS. The van der Waals surface area contributed by atoms with Gasteiger partial charge in [0.05, 0.1) is 10.7 Å². The molecule has 0 amide bonds. The molecule has 2 nitrogen and oxygen atoms in total. The molecule has 2 rings (SSSR count). The van der Waals surface area contributed by atoms with Gasteiger partial charge in [-0.1, -0.05) is 23.8 Å². The Balaban J connectivity index is 2.05. The molecule has 0 unspecified atom stereocenters. The number of aromatic nitrogens is 1. The van der Waals surface area contributed by atoms with E-state index in [4.69, 9.17) is 0 Å². The second-order valence-corrected chi connectivity index (χ2v) is 5.74. The van der Waals surface area contributed by atoms with Crippen LogP contribution in [0.15, 0.2) is 23.6 Å². The Morgan fingerprint density at radius 3 is 2.67 bits per heavy atom. The molecule has 94 valence electrons. The van der Waals surface area contributed by atoms with Crippen LogP contribution in [0.25, 0.3) is 0 Å². The zero-order chi connectivity index (χ0) is 13.1. The molecule has 0 saturated heterocycles. The summed E-state index contributed by atoms with van der Waals surface area (Å²) in [5.41, 5.74) is 4.41. The van der Waals surface area contributed by atoms with Crippen molar-refractivity contribution in [1.29, 1.82) is 0 Å². The minimum Gasteiger partial charge on any atom is -0.299 e. The maximum Gasteiger partial charge on any atom is 0.143 e. The van der Waals surface area contributed by atoms with E-state index in [9.17, 15) is 4.79 Å². The van der Waals surface area contributed by atoms with Crippen LogP contribution in [0.3, 0.4) is 0 Å². The van der Waals surface area contributed by atoms with Crippen LogP contribution < -0.4 is 0 Å². The van der Waals surface area contributed by atoms with Crippen LogP contribution in [0.4, 0.5) is 0 Å². The summed E-state index contributed by atoms with van der Waals surface area (Å²) >= 11 is 1.59. The summed E-state index contributed by atoms with van der Waals surface area (Å²) in [6, 6.07) is 6.25. The van der Waals surface area contributed by atoms with Crippen LogP contribution in [0.5, 0.6) is 0 Å². The first-order valence-corrected chi connectivity index (χ1v) is 6.91. The van der Waals surface area contributed by atoms with Gasteiger partial charge in [-0.05, 0) is 31.9 Å². The molecule has 1 heterocycles. The highest BCUT2D eigenvalue weighted by Gasteiger charge is 2.09. The molecule has 1 aromatic heterocycles. The maximum absolute atomic E-state index is 12.0. The van der Waals surface area contributed by atoms with Crippen molar-refractivity contribution in [3.8, 4) is 0 Å². The Bertz CT molecular complexity index is 572. The lowest BCUT2D eigenvalue weighted by molar-refractivity contribution is -0.117. The van der Waals surface area contributed by atoms with Gasteiger partial charge in [0.2, 0.25) is 0 Å². The predicted octanol–water partition coefficient (Wildman–Crippen LogP) is 3.42. The van der Waals surface area contributed by atoms with Crippen molar-refractivity contribution in [2.24, 2.45) is 0 Å². The number of Topliss-reactive ketones (excluding diaryl/α,β-unsaturated/α-hetero) is 1. The first-order valence-electron chi connectivity index (χ1n) is 6.03. The molecule has 0 fully saturated rings. The smallest absolute Gasteiger partial charge is 0.143 e. The topological polar surface area (TPSA) is 30.0 Å². The first-order chi connectivity index (χ1) is 8.54. The molecule has 0 bridgehead atoms. The van der Waals surface area contributed by atoms with E-state index in [2.05, 4.69) is 37.0 Å². The highest BCUT2D eigenvalue weighted by Crippen LogP contribution is 2.14. The number of hydrogen-bond acceptors (Lipinski definition) is 3. The molecule has 0 radical (unpaired) electrons. The number of benzene rings is 1. The van der Waals surface area contributed by atoms with Crippen molar-refractivity contribution in [2.75, 3.05) is 0 Å². The standard InChI is InChI=1S/C15H17NOS/c1-10-4-5-11(2)13(6-10)7-15(17)8-14-9-18-12(3)16-14/h4-6,9H,7-8H2,1-3H3. The summed E-state index contributed by atoms with van der Waals surface area (Å²) in [5.74, 6) is 0.231. The third-order valence-corrected chi connectivity index (χ3v) is 3.76. The fourth-order valence-electron chi connectivity index (χ4n) is 1.96. The van der Waals surface area contributed by atoms with E-state index in [0.717, 1.165) is 16.3 Å². The SMILES string of the molecule is Cc1ccc(C)c(CC(=O)Cc2csc(C)n2)c1. The van der Waals surface area contributed by atoms with Gasteiger partial charge in [0.1, 0.15) is 5.78 Å². The second kappa shape index (κ2) is 5.44. The highest BCUT2D eigenvalue weighted by molar-refractivity contribution is 7.09. The van der Waals surface area contributed by atoms with Crippen LogP contribution in [0.1, 0.15) is 27.4 Å². The number of nitrogens with zero attached hydrogens (tertiary/aromatic N) is 1. The monoisotopic (exact) mass is 259 g/mol. The lowest BCUT2D eigenvalue weighted by Crippen LogP contribution is -2.08. The Labute approximate surface area is 112 Å².